The lowest BCUT2D eigenvalue weighted by molar-refractivity contribution is -0.137. The molecule has 5 heteroatoms. The standard InChI is InChI=1S/C16H24N2O3/c1-12(2)18(10-6-9-15(19)20)16(21)13-7-5-8-14(11-13)17(3)4/h5,7-8,11-12H,6,9-10H2,1-4H3,(H,19,20). The van der Waals surface area contributed by atoms with Crippen molar-refractivity contribution < 1.29 is 14.7 Å². The van der Waals surface area contributed by atoms with E-state index in [0.717, 1.165) is 5.69 Å². The van der Waals surface area contributed by atoms with Crippen molar-refractivity contribution >= 4 is 17.6 Å². The number of rotatable bonds is 7. The van der Waals surface area contributed by atoms with Gasteiger partial charge in [-0.15, -0.1) is 0 Å². The van der Waals surface area contributed by atoms with Crippen LogP contribution in [0.2, 0.25) is 0 Å². The van der Waals surface area contributed by atoms with E-state index in [1.54, 1.807) is 11.0 Å². The lowest BCUT2D eigenvalue weighted by Crippen LogP contribution is -2.38. The van der Waals surface area contributed by atoms with Crippen LogP contribution in [-0.4, -0.2) is 48.6 Å². The normalized spacial score (nSPS) is 10.5. The predicted octanol–water partition coefficient (Wildman–Crippen LogP) is 2.47. The van der Waals surface area contributed by atoms with E-state index in [2.05, 4.69) is 0 Å². The Kier molecular flexibility index (Phi) is 6.21. The van der Waals surface area contributed by atoms with Crippen LogP contribution in [0.1, 0.15) is 37.0 Å². The van der Waals surface area contributed by atoms with Crippen molar-refractivity contribution in [2.45, 2.75) is 32.7 Å². The Bertz CT molecular complexity index is 498. The SMILES string of the molecule is CC(C)N(CCCC(=O)O)C(=O)c1cccc(N(C)C)c1. The summed E-state index contributed by atoms with van der Waals surface area (Å²) in [5, 5.41) is 8.71. The molecule has 1 aromatic rings. The van der Waals surface area contributed by atoms with E-state index in [1.807, 2.05) is 51.0 Å². The number of amides is 1. The van der Waals surface area contributed by atoms with Gasteiger partial charge in [-0.3, -0.25) is 9.59 Å². The molecule has 1 amide bonds. The molecular formula is C16H24N2O3. The third-order valence-corrected chi connectivity index (χ3v) is 3.28. The molecule has 0 atom stereocenters. The first-order valence-corrected chi connectivity index (χ1v) is 7.13. The van der Waals surface area contributed by atoms with E-state index < -0.39 is 5.97 Å². The Hall–Kier alpha value is -2.04. The number of aliphatic carboxylic acids is 1. The van der Waals surface area contributed by atoms with Gasteiger partial charge in [0.2, 0.25) is 0 Å². The van der Waals surface area contributed by atoms with Crippen LogP contribution in [0, 0.1) is 0 Å². The van der Waals surface area contributed by atoms with Crippen molar-refractivity contribution in [2.24, 2.45) is 0 Å². The lowest BCUT2D eigenvalue weighted by atomic mass is 10.1. The maximum absolute atomic E-state index is 12.6. The number of carbonyl (C=O) groups is 2. The molecule has 0 spiro atoms. The quantitative estimate of drug-likeness (QED) is 0.838. The third kappa shape index (κ3) is 5.10. The number of carboxylic acids is 1. The topological polar surface area (TPSA) is 60.9 Å². The maximum atomic E-state index is 12.6. The minimum Gasteiger partial charge on any atom is -0.481 e. The van der Waals surface area contributed by atoms with Crippen LogP contribution < -0.4 is 4.90 Å². The van der Waals surface area contributed by atoms with Gasteiger partial charge in [-0.05, 0) is 38.5 Å². The highest BCUT2D eigenvalue weighted by Gasteiger charge is 2.19. The van der Waals surface area contributed by atoms with Crippen molar-refractivity contribution in [1.82, 2.24) is 4.90 Å². The number of anilines is 1. The van der Waals surface area contributed by atoms with Gasteiger partial charge in [-0.25, -0.2) is 0 Å². The van der Waals surface area contributed by atoms with Gasteiger partial charge in [0, 0.05) is 44.4 Å². The van der Waals surface area contributed by atoms with Gasteiger partial charge in [-0.2, -0.15) is 0 Å². The van der Waals surface area contributed by atoms with Crippen LogP contribution in [-0.2, 0) is 4.79 Å². The summed E-state index contributed by atoms with van der Waals surface area (Å²) < 4.78 is 0. The van der Waals surface area contributed by atoms with Crippen molar-refractivity contribution in [3.63, 3.8) is 0 Å². The average Bonchev–Trinajstić information content (AvgIpc) is 2.42. The largest absolute Gasteiger partial charge is 0.481 e. The average molecular weight is 292 g/mol. The number of hydrogen-bond acceptors (Lipinski definition) is 3. The highest BCUT2D eigenvalue weighted by Crippen LogP contribution is 2.16. The number of hydrogen-bond donors (Lipinski definition) is 1. The summed E-state index contributed by atoms with van der Waals surface area (Å²) in [6.07, 6.45) is 0.543. The molecule has 0 fully saturated rings. The zero-order chi connectivity index (χ0) is 16.0. The summed E-state index contributed by atoms with van der Waals surface area (Å²) in [6.45, 7) is 4.33. The van der Waals surface area contributed by atoms with Gasteiger partial charge in [-0.1, -0.05) is 6.07 Å². The molecule has 0 radical (unpaired) electrons. The number of benzene rings is 1. The van der Waals surface area contributed by atoms with Gasteiger partial charge in [0.15, 0.2) is 0 Å². The first-order valence-electron chi connectivity index (χ1n) is 7.13. The van der Waals surface area contributed by atoms with Crippen molar-refractivity contribution in [3.8, 4) is 0 Å². The molecule has 1 aromatic carbocycles. The molecule has 0 aliphatic carbocycles. The van der Waals surface area contributed by atoms with Gasteiger partial charge in [0.05, 0.1) is 0 Å². The predicted molar refractivity (Wildman–Crippen MR) is 83.8 cm³/mol. The van der Waals surface area contributed by atoms with Crippen LogP contribution in [0.3, 0.4) is 0 Å². The second kappa shape index (κ2) is 7.67. The fourth-order valence-electron chi connectivity index (χ4n) is 2.08. The number of carboxylic acid groups (broad SMARTS) is 1. The molecule has 5 nitrogen and oxygen atoms in total. The lowest BCUT2D eigenvalue weighted by Gasteiger charge is -2.27. The molecule has 0 saturated heterocycles. The van der Waals surface area contributed by atoms with E-state index in [-0.39, 0.29) is 18.4 Å². The Morgan fingerprint density at radius 2 is 1.90 bits per heavy atom. The molecule has 0 aliphatic rings. The molecule has 0 heterocycles. The smallest absolute Gasteiger partial charge is 0.303 e. The van der Waals surface area contributed by atoms with Crippen LogP contribution >= 0.6 is 0 Å². The molecule has 0 saturated carbocycles. The van der Waals surface area contributed by atoms with E-state index >= 15 is 0 Å². The second-order valence-corrected chi connectivity index (χ2v) is 5.53. The van der Waals surface area contributed by atoms with Crippen LogP contribution in [0.25, 0.3) is 0 Å². The van der Waals surface area contributed by atoms with E-state index in [1.165, 1.54) is 0 Å². The van der Waals surface area contributed by atoms with Crippen molar-refractivity contribution in [1.29, 1.82) is 0 Å². The third-order valence-electron chi connectivity index (χ3n) is 3.28. The molecule has 21 heavy (non-hydrogen) atoms. The highest BCUT2D eigenvalue weighted by molar-refractivity contribution is 5.95. The Morgan fingerprint density at radius 1 is 1.24 bits per heavy atom. The van der Waals surface area contributed by atoms with Crippen LogP contribution in [0.15, 0.2) is 24.3 Å². The fourth-order valence-corrected chi connectivity index (χ4v) is 2.08. The summed E-state index contributed by atoms with van der Waals surface area (Å²) in [5.41, 5.74) is 1.60. The molecular weight excluding hydrogens is 268 g/mol. The van der Waals surface area contributed by atoms with E-state index in [0.29, 0.717) is 18.5 Å². The molecule has 1 rings (SSSR count). The zero-order valence-corrected chi connectivity index (χ0v) is 13.2. The van der Waals surface area contributed by atoms with Gasteiger partial charge in [0.1, 0.15) is 0 Å². The minimum atomic E-state index is -0.833. The van der Waals surface area contributed by atoms with E-state index in [4.69, 9.17) is 5.11 Å². The molecule has 0 bridgehead atoms. The summed E-state index contributed by atoms with van der Waals surface area (Å²) in [7, 11) is 3.85. The molecule has 0 aromatic heterocycles. The second-order valence-electron chi connectivity index (χ2n) is 5.53. The minimum absolute atomic E-state index is 0.0364. The van der Waals surface area contributed by atoms with Gasteiger partial charge < -0.3 is 14.9 Å². The fraction of sp³-hybridized carbons (Fsp3) is 0.500. The molecule has 1 N–H and O–H groups in total. The number of nitrogens with zero attached hydrogens (tertiary/aromatic N) is 2. The van der Waals surface area contributed by atoms with Gasteiger partial charge >= 0.3 is 5.97 Å². The maximum Gasteiger partial charge on any atom is 0.303 e. The van der Waals surface area contributed by atoms with E-state index in [9.17, 15) is 9.59 Å². The number of carbonyl (C=O) groups excluding carboxylic acids is 1. The Morgan fingerprint density at radius 3 is 2.43 bits per heavy atom. The monoisotopic (exact) mass is 292 g/mol. The summed E-state index contributed by atoms with van der Waals surface area (Å²) >= 11 is 0. The summed E-state index contributed by atoms with van der Waals surface area (Å²) in [6, 6.07) is 7.49. The van der Waals surface area contributed by atoms with Gasteiger partial charge in [0.25, 0.3) is 5.91 Å². The first kappa shape index (κ1) is 17.0. The van der Waals surface area contributed by atoms with Crippen molar-refractivity contribution in [2.75, 3.05) is 25.5 Å². The molecule has 116 valence electrons. The van der Waals surface area contributed by atoms with Crippen molar-refractivity contribution in [3.05, 3.63) is 29.8 Å². The van der Waals surface area contributed by atoms with Crippen LogP contribution in [0.4, 0.5) is 5.69 Å². The molecule has 0 unspecified atom stereocenters. The van der Waals surface area contributed by atoms with Crippen LogP contribution in [0.5, 0.6) is 0 Å². The highest BCUT2D eigenvalue weighted by atomic mass is 16.4. The first-order chi connectivity index (χ1) is 9.82. The Balaban J connectivity index is 2.85. The summed E-state index contributed by atoms with van der Waals surface area (Å²) in [4.78, 5) is 26.9. The summed E-state index contributed by atoms with van der Waals surface area (Å²) in [5.74, 6) is -0.889. The zero-order valence-electron chi connectivity index (χ0n) is 13.2. The Labute approximate surface area is 126 Å². The molecule has 0 aliphatic heterocycles.